The van der Waals surface area contributed by atoms with Crippen LogP contribution in [0.15, 0.2) is 60.4 Å². The lowest BCUT2D eigenvalue weighted by atomic mass is 10.0. The second-order valence-electron chi connectivity index (χ2n) is 6.51. The monoisotopic (exact) mass is 456 g/mol. The van der Waals surface area contributed by atoms with E-state index in [0.29, 0.717) is 17.9 Å². The Morgan fingerprint density at radius 2 is 1.75 bits per heavy atom. The number of hydrogen-bond acceptors (Lipinski definition) is 4. The molecule has 11 heteroatoms. The van der Waals surface area contributed by atoms with Crippen LogP contribution in [0.5, 0.6) is 5.75 Å². The molecule has 2 rings (SSSR count). The number of ether oxygens (including phenoxy) is 1. The maximum atomic E-state index is 13.1. The number of nitrogens with one attached hydrogen (secondary N) is 2. The molecule has 0 radical (unpaired) electrons. The van der Waals surface area contributed by atoms with Gasteiger partial charge in [0.05, 0.1) is 17.2 Å². The van der Waals surface area contributed by atoms with Gasteiger partial charge < -0.3 is 15.2 Å². The summed E-state index contributed by atoms with van der Waals surface area (Å²) in [5.74, 6) is -2.66. The van der Waals surface area contributed by atoms with Gasteiger partial charge in [0.2, 0.25) is 0 Å². The van der Waals surface area contributed by atoms with Crippen LogP contribution in [0.1, 0.15) is 34.5 Å². The van der Waals surface area contributed by atoms with Crippen molar-refractivity contribution in [1.82, 2.24) is 5.32 Å². The van der Waals surface area contributed by atoms with E-state index in [2.05, 4.69) is 5.32 Å². The first-order valence-electron chi connectivity index (χ1n) is 8.95. The van der Waals surface area contributed by atoms with Gasteiger partial charge in [-0.15, -0.1) is 0 Å². The first kappa shape index (κ1) is 24.5. The molecule has 0 fully saturated rings. The van der Waals surface area contributed by atoms with Crippen LogP contribution in [0, 0.1) is 5.41 Å². The quantitative estimate of drug-likeness (QED) is 0.229. The van der Waals surface area contributed by atoms with Crippen molar-refractivity contribution in [2.45, 2.75) is 25.6 Å². The highest BCUT2D eigenvalue weighted by atomic mass is 19.4. The van der Waals surface area contributed by atoms with Crippen LogP contribution in [0.3, 0.4) is 0 Å². The summed E-state index contributed by atoms with van der Waals surface area (Å²) in [6.07, 6.45) is -7.52. The zero-order chi connectivity index (χ0) is 24.1. The van der Waals surface area contributed by atoms with E-state index in [4.69, 9.17) is 15.3 Å². The molecule has 0 saturated heterocycles. The number of rotatable bonds is 8. The highest BCUT2D eigenvalue weighted by Gasteiger charge is 2.30. The molecule has 0 spiro atoms. The minimum absolute atomic E-state index is 0.00169. The lowest BCUT2D eigenvalue weighted by Crippen LogP contribution is -2.33. The van der Waals surface area contributed by atoms with Crippen molar-refractivity contribution in [1.29, 1.82) is 5.41 Å². The molecular weight excluding hydrogens is 439 g/mol. The van der Waals surface area contributed by atoms with Gasteiger partial charge in [0.15, 0.2) is 0 Å². The number of halogens is 5. The molecule has 0 unspecified atom stereocenters. The number of benzene rings is 2. The number of carboxylic acid groups (broad SMARTS) is 1. The fraction of sp³-hybridized carbons (Fsp3) is 0.190. The van der Waals surface area contributed by atoms with E-state index < -0.39 is 47.4 Å². The van der Waals surface area contributed by atoms with Gasteiger partial charge in [-0.05, 0) is 42.8 Å². The maximum absolute atomic E-state index is 13.1. The van der Waals surface area contributed by atoms with Crippen LogP contribution >= 0.6 is 0 Å². The minimum atomic E-state index is -4.66. The molecule has 2 aromatic carbocycles. The van der Waals surface area contributed by atoms with Crippen LogP contribution in [-0.2, 0) is 11.0 Å². The Morgan fingerprint density at radius 3 is 2.28 bits per heavy atom. The Bertz CT molecular complexity index is 1030. The molecule has 0 heterocycles. The van der Waals surface area contributed by atoms with Gasteiger partial charge in [0, 0.05) is 0 Å². The molecule has 2 aromatic rings. The molecule has 0 aliphatic rings. The van der Waals surface area contributed by atoms with Crippen LogP contribution in [0.4, 0.5) is 22.0 Å². The van der Waals surface area contributed by atoms with E-state index in [0.717, 1.165) is 18.2 Å². The predicted octanol–water partition coefficient (Wildman–Crippen LogP) is 4.83. The number of carbonyl (C=O) groups is 2. The largest absolute Gasteiger partial charge is 0.478 e. The van der Waals surface area contributed by atoms with Crippen molar-refractivity contribution >= 4 is 17.6 Å². The van der Waals surface area contributed by atoms with Gasteiger partial charge in [0.25, 0.3) is 12.3 Å². The summed E-state index contributed by atoms with van der Waals surface area (Å²) in [6, 6.07) is 8.18. The molecule has 1 amide bonds. The fourth-order valence-corrected chi connectivity index (χ4v) is 2.50. The highest BCUT2D eigenvalue weighted by Crippen LogP contribution is 2.31. The van der Waals surface area contributed by atoms with E-state index in [1.165, 1.54) is 31.2 Å². The molecule has 32 heavy (non-hydrogen) atoms. The summed E-state index contributed by atoms with van der Waals surface area (Å²) in [6.45, 7) is 1.49. The van der Waals surface area contributed by atoms with Gasteiger partial charge in [-0.25, -0.2) is 13.6 Å². The molecule has 0 aromatic heterocycles. The van der Waals surface area contributed by atoms with Crippen molar-refractivity contribution in [3.05, 3.63) is 77.1 Å². The number of amides is 1. The van der Waals surface area contributed by atoms with Crippen LogP contribution in [-0.4, -0.2) is 29.1 Å². The summed E-state index contributed by atoms with van der Waals surface area (Å²) in [7, 11) is 0. The predicted molar refractivity (Wildman–Crippen MR) is 104 cm³/mol. The lowest BCUT2D eigenvalue weighted by molar-refractivity contribution is -0.137. The smallest absolute Gasteiger partial charge is 0.416 e. The normalized spacial score (nSPS) is 12.9. The van der Waals surface area contributed by atoms with Crippen LogP contribution < -0.4 is 10.1 Å². The SMILES string of the molecule is C[C@H](NC(=O)/C(=C\Oc1cccc(C(F)(F)F)c1)C(=N)C(F)F)c1ccc(C(=O)O)cc1. The fourth-order valence-electron chi connectivity index (χ4n) is 2.50. The highest BCUT2D eigenvalue weighted by molar-refractivity contribution is 6.21. The van der Waals surface area contributed by atoms with Crippen LogP contribution in [0.2, 0.25) is 0 Å². The Morgan fingerprint density at radius 1 is 1.12 bits per heavy atom. The number of hydrogen-bond donors (Lipinski definition) is 3. The third kappa shape index (κ3) is 6.37. The number of carbonyl (C=O) groups excluding carboxylic acids is 1. The number of carboxylic acids is 1. The van der Waals surface area contributed by atoms with Crippen molar-refractivity contribution in [2.75, 3.05) is 0 Å². The number of aromatic carboxylic acids is 1. The average Bonchev–Trinajstić information content (AvgIpc) is 2.73. The van der Waals surface area contributed by atoms with Gasteiger partial charge in [0.1, 0.15) is 23.3 Å². The molecule has 0 saturated carbocycles. The van der Waals surface area contributed by atoms with Gasteiger partial charge >= 0.3 is 12.1 Å². The molecule has 6 nitrogen and oxygen atoms in total. The maximum Gasteiger partial charge on any atom is 0.416 e. The van der Waals surface area contributed by atoms with Gasteiger partial charge in [-0.3, -0.25) is 10.2 Å². The summed E-state index contributed by atoms with van der Waals surface area (Å²) in [4.78, 5) is 23.4. The van der Waals surface area contributed by atoms with Gasteiger partial charge in [-0.2, -0.15) is 13.2 Å². The molecule has 3 N–H and O–H groups in total. The standard InChI is InChI=1S/C21H17F5N2O4/c1-11(12-5-7-13(8-6-12)20(30)31)28-19(29)16(17(27)18(22)23)10-32-15-4-2-3-14(9-15)21(24,25)26/h2-11,18,27H,1H3,(H,28,29)(H,30,31)/b16-10-,27-17?/t11-/m0/s1. The van der Waals surface area contributed by atoms with E-state index >= 15 is 0 Å². The molecule has 0 aliphatic carbocycles. The van der Waals surface area contributed by atoms with E-state index in [1.54, 1.807) is 0 Å². The van der Waals surface area contributed by atoms with Crippen LogP contribution in [0.25, 0.3) is 0 Å². The molecule has 0 bridgehead atoms. The van der Waals surface area contributed by atoms with Crippen molar-refractivity contribution < 1.29 is 41.4 Å². The molecule has 170 valence electrons. The lowest BCUT2D eigenvalue weighted by Gasteiger charge is -2.16. The van der Waals surface area contributed by atoms with E-state index in [-0.39, 0.29) is 11.3 Å². The van der Waals surface area contributed by atoms with Crippen molar-refractivity contribution in [2.24, 2.45) is 0 Å². The zero-order valence-electron chi connectivity index (χ0n) is 16.4. The summed E-state index contributed by atoms with van der Waals surface area (Å²) < 4.78 is 69.5. The Labute approximate surface area is 178 Å². The number of alkyl halides is 5. The zero-order valence-corrected chi connectivity index (χ0v) is 16.4. The van der Waals surface area contributed by atoms with Crippen molar-refractivity contribution in [3.63, 3.8) is 0 Å². The van der Waals surface area contributed by atoms with Crippen molar-refractivity contribution in [3.8, 4) is 5.75 Å². The second-order valence-corrected chi connectivity index (χ2v) is 6.51. The second kappa shape index (κ2) is 10.0. The Kier molecular flexibility index (Phi) is 7.68. The van der Waals surface area contributed by atoms with E-state index in [9.17, 15) is 31.5 Å². The molecule has 0 aliphatic heterocycles. The summed E-state index contributed by atoms with van der Waals surface area (Å²) in [5, 5.41) is 18.7. The first-order valence-corrected chi connectivity index (χ1v) is 8.95. The molecule has 1 atom stereocenters. The average molecular weight is 456 g/mol. The topological polar surface area (TPSA) is 99.5 Å². The summed E-state index contributed by atoms with van der Waals surface area (Å²) >= 11 is 0. The third-order valence-corrected chi connectivity index (χ3v) is 4.23. The summed E-state index contributed by atoms with van der Waals surface area (Å²) in [5.41, 5.74) is -2.86. The molecular formula is C21H17F5N2O4. The van der Waals surface area contributed by atoms with E-state index in [1.807, 2.05) is 0 Å². The Balaban J connectivity index is 2.23. The third-order valence-electron chi connectivity index (χ3n) is 4.23. The first-order chi connectivity index (χ1) is 14.9. The minimum Gasteiger partial charge on any atom is -0.478 e. The Hall–Kier alpha value is -3.76. The van der Waals surface area contributed by atoms with Gasteiger partial charge in [-0.1, -0.05) is 18.2 Å².